The fourth-order valence-electron chi connectivity index (χ4n) is 2.86. The molecule has 0 saturated carbocycles. The molecule has 1 atom stereocenters. The third kappa shape index (κ3) is 4.60. The molecule has 150 valence electrons. The van der Waals surface area contributed by atoms with Crippen LogP contribution in [0.15, 0.2) is 48.5 Å². The number of ether oxygens (including phenoxy) is 2. The van der Waals surface area contributed by atoms with Crippen LogP contribution >= 0.6 is 0 Å². The summed E-state index contributed by atoms with van der Waals surface area (Å²) in [7, 11) is 1.36. The number of amides is 2. The summed E-state index contributed by atoms with van der Waals surface area (Å²) >= 11 is 0. The van der Waals surface area contributed by atoms with Crippen LogP contribution in [0, 0.1) is 5.82 Å². The van der Waals surface area contributed by atoms with E-state index in [0.717, 1.165) is 6.08 Å². The van der Waals surface area contributed by atoms with Gasteiger partial charge in [0.05, 0.1) is 18.5 Å². The summed E-state index contributed by atoms with van der Waals surface area (Å²) in [5, 5.41) is 2.68. The zero-order valence-electron chi connectivity index (χ0n) is 15.8. The van der Waals surface area contributed by atoms with E-state index in [4.69, 9.17) is 9.47 Å². The second kappa shape index (κ2) is 8.55. The van der Waals surface area contributed by atoms with Gasteiger partial charge in [-0.2, -0.15) is 0 Å². The van der Waals surface area contributed by atoms with E-state index in [1.165, 1.54) is 37.1 Å². The summed E-state index contributed by atoms with van der Waals surface area (Å²) in [6, 6.07) is 11.1. The van der Waals surface area contributed by atoms with Gasteiger partial charge < -0.3 is 14.8 Å². The van der Waals surface area contributed by atoms with Crippen molar-refractivity contribution >= 4 is 35.2 Å². The van der Waals surface area contributed by atoms with Gasteiger partial charge in [0.15, 0.2) is 17.7 Å². The van der Waals surface area contributed by atoms with Crippen molar-refractivity contribution < 1.29 is 28.2 Å². The Kier molecular flexibility index (Phi) is 5.92. The van der Waals surface area contributed by atoms with Crippen molar-refractivity contribution in [1.29, 1.82) is 0 Å². The number of carbonyl (C=O) groups is 3. The standard InChI is InChI=1S/C21H19FN2O5/c1-13(21(27)24-12-19(25)23-16-5-3-4-6-17(16)24)29-20(26)10-8-14-7-9-18(28-2)15(22)11-14/h3-11,13H,12H2,1-2H3,(H,23,25)/b10-8+/t13-/m1/s1. The van der Waals surface area contributed by atoms with Gasteiger partial charge in [0, 0.05) is 6.08 Å². The minimum absolute atomic E-state index is 0.0924. The van der Waals surface area contributed by atoms with Crippen molar-refractivity contribution in [3.63, 3.8) is 0 Å². The predicted molar refractivity (Wildman–Crippen MR) is 105 cm³/mol. The third-order valence-electron chi connectivity index (χ3n) is 4.27. The van der Waals surface area contributed by atoms with Gasteiger partial charge >= 0.3 is 5.97 Å². The highest BCUT2D eigenvalue weighted by Gasteiger charge is 2.31. The van der Waals surface area contributed by atoms with Gasteiger partial charge in [-0.15, -0.1) is 0 Å². The van der Waals surface area contributed by atoms with Gasteiger partial charge in [0.1, 0.15) is 6.54 Å². The number of nitrogens with zero attached hydrogens (tertiary/aromatic N) is 1. The molecule has 0 aromatic heterocycles. The number of methoxy groups -OCH3 is 1. The van der Waals surface area contributed by atoms with E-state index in [2.05, 4.69) is 5.32 Å². The van der Waals surface area contributed by atoms with E-state index in [1.807, 2.05) is 0 Å². The SMILES string of the molecule is COc1ccc(/C=C/C(=O)O[C@H](C)C(=O)N2CC(=O)Nc3ccccc32)cc1F. The lowest BCUT2D eigenvalue weighted by molar-refractivity contribution is -0.149. The highest BCUT2D eigenvalue weighted by molar-refractivity contribution is 6.11. The van der Waals surface area contributed by atoms with Crippen LogP contribution in [-0.4, -0.2) is 37.5 Å². The minimum atomic E-state index is -1.11. The molecule has 2 amide bonds. The van der Waals surface area contributed by atoms with E-state index >= 15 is 0 Å². The van der Waals surface area contributed by atoms with E-state index in [9.17, 15) is 18.8 Å². The van der Waals surface area contributed by atoms with Crippen molar-refractivity contribution in [1.82, 2.24) is 0 Å². The number of para-hydroxylation sites is 2. The Morgan fingerprint density at radius 2 is 2.00 bits per heavy atom. The van der Waals surface area contributed by atoms with E-state index in [1.54, 1.807) is 30.3 Å². The number of hydrogen-bond donors (Lipinski definition) is 1. The number of halogens is 1. The normalized spacial score (nSPS) is 14.2. The van der Waals surface area contributed by atoms with Gasteiger partial charge in [-0.3, -0.25) is 14.5 Å². The molecule has 1 aliphatic heterocycles. The van der Waals surface area contributed by atoms with E-state index in [-0.39, 0.29) is 18.2 Å². The Hall–Kier alpha value is -3.68. The monoisotopic (exact) mass is 398 g/mol. The minimum Gasteiger partial charge on any atom is -0.494 e. The fraction of sp³-hybridized carbons (Fsp3) is 0.190. The van der Waals surface area contributed by atoms with Crippen LogP contribution in [-0.2, 0) is 19.1 Å². The van der Waals surface area contributed by atoms with Gasteiger partial charge in [-0.05, 0) is 42.8 Å². The third-order valence-corrected chi connectivity index (χ3v) is 4.27. The summed E-state index contributed by atoms with van der Waals surface area (Å²) in [5.41, 5.74) is 1.47. The van der Waals surface area contributed by atoms with Gasteiger partial charge in [0.2, 0.25) is 5.91 Å². The first-order chi connectivity index (χ1) is 13.9. The number of benzene rings is 2. The first kappa shape index (κ1) is 20.1. The van der Waals surface area contributed by atoms with Gasteiger partial charge in [-0.25, -0.2) is 9.18 Å². The van der Waals surface area contributed by atoms with Gasteiger partial charge in [0.25, 0.3) is 5.91 Å². The molecule has 0 fully saturated rings. The predicted octanol–water partition coefficient (Wildman–Crippen LogP) is 2.76. The smallest absolute Gasteiger partial charge is 0.331 e. The zero-order chi connectivity index (χ0) is 21.0. The summed E-state index contributed by atoms with van der Waals surface area (Å²) in [6.07, 6.45) is 1.35. The van der Waals surface area contributed by atoms with Crippen LogP contribution < -0.4 is 15.0 Å². The molecule has 3 rings (SSSR count). The first-order valence-corrected chi connectivity index (χ1v) is 8.81. The Balaban J connectivity index is 1.66. The molecular formula is C21H19FN2O5. The maximum Gasteiger partial charge on any atom is 0.331 e. The molecule has 0 unspecified atom stereocenters. The molecule has 8 heteroatoms. The average Bonchev–Trinajstić information content (AvgIpc) is 2.71. The first-order valence-electron chi connectivity index (χ1n) is 8.81. The van der Waals surface area contributed by atoms with Crippen molar-refractivity contribution in [2.75, 3.05) is 23.9 Å². The highest BCUT2D eigenvalue weighted by Crippen LogP contribution is 2.29. The van der Waals surface area contributed by atoms with Crippen molar-refractivity contribution in [2.24, 2.45) is 0 Å². The highest BCUT2D eigenvalue weighted by atomic mass is 19.1. The van der Waals surface area contributed by atoms with Crippen molar-refractivity contribution in [3.05, 3.63) is 59.9 Å². The Labute approximate surface area is 166 Å². The van der Waals surface area contributed by atoms with Crippen molar-refractivity contribution in [2.45, 2.75) is 13.0 Å². The number of anilines is 2. The number of hydrogen-bond acceptors (Lipinski definition) is 5. The lowest BCUT2D eigenvalue weighted by Crippen LogP contribution is -2.46. The average molecular weight is 398 g/mol. The van der Waals surface area contributed by atoms with Gasteiger partial charge in [-0.1, -0.05) is 18.2 Å². The molecule has 0 bridgehead atoms. The zero-order valence-corrected chi connectivity index (χ0v) is 15.8. The molecule has 1 aliphatic rings. The number of esters is 1. The lowest BCUT2D eigenvalue weighted by Gasteiger charge is -2.30. The molecule has 0 spiro atoms. The Morgan fingerprint density at radius 1 is 1.24 bits per heavy atom. The molecule has 0 radical (unpaired) electrons. The van der Waals surface area contributed by atoms with Crippen LogP contribution in [0.3, 0.4) is 0 Å². The summed E-state index contributed by atoms with van der Waals surface area (Å²) in [4.78, 5) is 37.9. The Morgan fingerprint density at radius 3 is 2.72 bits per heavy atom. The maximum atomic E-state index is 13.7. The van der Waals surface area contributed by atoms with Crippen molar-refractivity contribution in [3.8, 4) is 5.75 Å². The van der Waals surface area contributed by atoms with Crippen LogP contribution in [0.1, 0.15) is 12.5 Å². The number of nitrogens with one attached hydrogen (secondary N) is 1. The fourth-order valence-corrected chi connectivity index (χ4v) is 2.86. The second-order valence-electron chi connectivity index (χ2n) is 6.30. The van der Waals surface area contributed by atoms with E-state index in [0.29, 0.717) is 16.9 Å². The molecule has 1 heterocycles. The van der Waals surface area contributed by atoms with E-state index < -0.39 is 23.8 Å². The quantitative estimate of drug-likeness (QED) is 0.618. The number of rotatable bonds is 5. The largest absolute Gasteiger partial charge is 0.494 e. The molecular weight excluding hydrogens is 379 g/mol. The number of carbonyl (C=O) groups excluding carboxylic acids is 3. The lowest BCUT2D eigenvalue weighted by atomic mass is 10.1. The van der Waals surface area contributed by atoms with Crippen LogP contribution in [0.4, 0.5) is 15.8 Å². The maximum absolute atomic E-state index is 13.7. The van der Waals surface area contributed by atoms with Crippen LogP contribution in [0.25, 0.3) is 6.08 Å². The number of fused-ring (bicyclic) bond motifs is 1. The topological polar surface area (TPSA) is 84.9 Å². The summed E-state index contributed by atoms with van der Waals surface area (Å²) < 4.78 is 23.7. The Bertz CT molecular complexity index is 989. The summed E-state index contributed by atoms with van der Waals surface area (Å²) in [6.45, 7) is 1.26. The molecule has 2 aromatic rings. The van der Waals surface area contributed by atoms with Crippen LogP contribution in [0.2, 0.25) is 0 Å². The second-order valence-corrected chi connectivity index (χ2v) is 6.30. The molecule has 29 heavy (non-hydrogen) atoms. The molecule has 0 saturated heterocycles. The summed E-state index contributed by atoms with van der Waals surface area (Å²) in [5.74, 6) is -2.10. The van der Waals surface area contributed by atoms with Crippen LogP contribution in [0.5, 0.6) is 5.75 Å². The molecule has 0 aliphatic carbocycles. The molecule has 1 N–H and O–H groups in total. The molecule has 7 nitrogen and oxygen atoms in total. The molecule has 2 aromatic carbocycles.